The molecule has 10 heteroatoms. The van der Waals surface area contributed by atoms with E-state index in [4.69, 9.17) is 24.3 Å². The summed E-state index contributed by atoms with van der Waals surface area (Å²) in [6.07, 6.45) is 0. The van der Waals surface area contributed by atoms with Crippen molar-refractivity contribution in [2.75, 3.05) is 26.6 Å². The number of anilines is 1. The predicted molar refractivity (Wildman–Crippen MR) is 133 cm³/mol. The lowest BCUT2D eigenvalue weighted by Gasteiger charge is -2.13. The van der Waals surface area contributed by atoms with E-state index < -0.39 is 15.9 Å². The molecule has 0 atom stereocenters. The van der Waals surface area contributed by atoms with Gasteiger partial charge in [0.05, 0.1) is 43.0 Å². The summed E-state index contributed by atoms with van der Waals surface area (Å²) in [7, 11) is 0.799. The van der Waals surface area contributed by atoms with Crippen molar-refractivity contribution in [1.29, 1.82) is 0 Å². The largest absolute Gasteiger partial charge is 0.497 e. The molecule has 1 aromatic heterocycles. The van der Waals surface area contributed by atoms with E-state index >= 15 is 0 Å². The monoisotopic (exact) mass is 493 g/mol. The first-order chi connectivity index (χ1) is 16.7. The van der Waals surface area contributed by atoms with E-state index in [0.717, 1.165) is 5.56 Å². The van der Waals surface area contributed by atoms with E-state index in [1.165, 1.54) is 24.3 Å². The number of hydrogen-bond acceptors (Lipinski definition) is 7. The third kappa shape index (κ3) is 5.03. The predicted octanol–water partition coefficient (Wildman–Crippen LogP) is 3.83. The van der Waals surface area contributed by atoms with E-state index in [0.29, 0.717) is 45.1 Å². The summed E-state index contributed by atoms with van der Waals surface area (Å²) in [6, 6.07) is 17.9. The zero-order valence-corrected chi connectivity index (χ0v) is 20.0. The number of carbonyl (C=O) groups is 1. The second-order valence-corrected chi connectivity index (χ2v) is 9.09. The standard InChI is InChI=1S/C25H23N3O6S/c1-32-17-7-10-21-19(13-17)20(25(29)27-16-5-8-18(9-6-16)35(26,30)31)14-22(28-21)15-4-11-23(33-2)24(12-15)34-3/h4-14H,1-3H3,(H,27,29)(H2,26,30,31). The molecule has 1 amide bonds. The Kier molecular flexibility index (Phi) is 6.59. The molecular formula is C25H23N3O6S. The normalized spacial score (nSPS) is 11.2. The maximum atomic E-state index is 13.3. The van der Waals surface area contributed by atoms with Crippen molar-refractivity contribution in [2.45, 2.75) is 4.90 Å². The fraction of sp³-hybridized carbons (Fsp3) is 0.120. The number of pyridine rings is 1. The van der Waals surface area contributed by atoms with Crippen molar-refractivity contribution in [3.8, 4) is 28.5 Å². The summed E-state index contributed by atoms with van der Waals surface area (Å²) in [6.45, 7) is 0. The molecule has 0 unspecified atom stereocenters. The van der Waals surface area contributed by atoms with Crippen molar-refractivity contribution in [3.63, 3.8) is 0 Å². The fourth-order valence-electron chi connectivity index (χ4n) is 3.59. The van der Waals surface area contributed by atoms with Gasteiger partial charge in [-0.1, -0.05) is 0 Å². The molecule has 1 heterocycles. The van der Waals surface area contributed by atoms with Crippen LogP contribution in [0.15, 0.2) is 71.6 Å². The van der Waals surface area contributed by atoms with Crippen LogP contribution in [-0.4, -0.2) is 40.6 Å². The summed E-state index contributed by atoms with van der Waals surface area (Å²) >= 11 is 0. The number of nitrogens with two attached hydrogens (primary N) is 1. The van der Waals surface area contributed by atoms with Crippen LogP contribution in [0.2, 0.25) is 0 Å². The highest BCUT2D eigenvalue weighted by Crippen LogP contribution is 2.34. The number of nitrogens with zero attached hydrogens (tertiary/aromatic N) is 1. The van der Waals surface area contributed by atoms with Crippen LogP contribution in [0, 0.1) is 0 Å². The van der Waals surface area contributed by atoms with Gasteiger partial charge in [0.25, 0.3) is 5.91 Å². The number of rotatable bonds is 7. The molecule has 0 aliphatic carbocycles. The second-order valence-electron chi connectivity index (χ2n) is 7.53. The van der Waals surface area contributed by atoms with Crippen molar-refractivity contribution >= 4 is 32.5 Å². The fourth-order valence-corrected chi connectivity index (χ4v) is 4.10. The van der Waals surface area contributed by atoms with Crippen LogP contribution in [0.1, 0.15) is 10.4 Å². The molecule has 0 fully saturated rings. The molecule has 0 saturated heterocycles. The molecule has 0 saturated carbocycles. The van der Waals surface area contributed by atoms with Crippen LogP contribution in [0.3, 0.4) is 0 Å². The second kappa shape index (κ2) is 9.61. The van der Waals surface area contributed by atoms with Gasteiger partial charge >= 0.3 is 0 Å². The van der Waals surface area contributed by atoms with Crippen LogP contribution in [-0.2, 0) is 10.0 Å². The highest BCUT2D eigenvalue weighted by molar-refractivity contribution is 7.89. The van der Waals surface area contributed by atoms with Crippen LogP contribution < -0.4 is 24.7 Å². The van der Waals surface area contributed by atoms with Gasteiger partial charge in [0.1, 0.15) is 5.75 Å². The van der Waals surface area contributed by atoms with Gasteiger partial charge in [-0.25, -0.2) is 18.5 Å². The van der Waals surface area contributed by atoms with Gasteiger partial charge in [-0.15, -0.1) is 0 Å². The van der Waals surface area contributed by atoms with Gasteiger partial charge in [0.2, 0.25) is 10.0 Å². The molecule has 0 aliphatic heterocycles. The quantitative estimate of drug-likeness (QED) is 0.400. The minimum Gasteiger partial charge on any atom is -0.497 e. The molecule has 0 radical (unpaired) electrons. The maximum absolute atomic E-state index is 13.3. The number of hydrogen-bond donors (Lipinski definition) is 2. The lowest BCUT2D eigenvalue weighted by molar-refractivity contribution is 0.102. The van der Waals surface area contributed by atoms with Crippen molar-refractivity contribution in [3.05, 3.63) is 72.3 Å². The molecule has 4 aromatic rings. The number of benzene rings is 3. The SMILES string of the molecule is COc1ccc2nc(-c3ccc(OC)c(OC)c3)cc(C(=O)Nc3ccc(S(N)(=O)=O)cc3)c2c1. The first-order valence-corrected chi connectivity index (χ1v) is 11.9. The number of nitrogens with one attached hydrogen (secondary N) is 1. The third-order valence-corrected chi connectivity index (χ3v) is 6.31. The van der Waals surface area contributed by atoms with E-state index in [9.17, 15) is 13.2 Å². The lowest BCUT2D eigenvalue weighted by Crippen LogP contribution is -2.14. The number of fused-ring (bicyclic) bond motifs is 1. The number of methoxy groups -OCH3 is 3. The number of aromatic nitrogens is 1. The van der Waals surface area contributed by atoms with Crippen LogP contribution >= 0.6 is 0 Å². The molecule has 180 valence electrons. The van der Waals surface area contributed by atoms with Gasteiger partial charge in [-0.05, 0) is 66.7 Å². The molecule has 3 N–H and O–H groups in total. The summed E-state index contributed by atoms with van der Waals surface area (Å²) in [4.78, 5) is 18.0. The summed E-state index contributed by atoms with van der Waals surface area (Å²) in [5.74, 6) is 1.27. The number of ether oxygens (including phenoxy) is 3. The maximum Gasteiger partial charge on any atom is 0.256 e. The Labute approximate surface area is 202 Å². The summed E-state index contributed by atoms with van der Waals surface area (Å²) < 4.78 is 39.1. The molecular weight excluding hydrogens is 470 g/mol. The first-order valence-electron chi connectivity index (χ1n) is 10.4. The minimum atomic E-state index is -3.84. The lowest BCUT2D eigenvalue weighted by atomic mass is 10.0. The zero-order valence-electron chi connectivity index (χ0n) is 19.2. The topological polar surface area (TPSA) is 130 Å². The van der Waals surface area contributed by atoms with Gasteiger partial charge in [0.15, 0.2) is 11.5 Å². The smallest absolute Gasteiger partial charge is 0.256 e. The Bertz CT molecular complexity index is 1520. The van der Waals surface area contributed by atoms with E-state index in [2.05, 4.69) is 5.32 Å². The average Bonchev–Trinajstić information content (AvgIpc) is 2.86. The van der Waals surface area contributed by atoms with Crippen molar-refractivity contribution < 1.29 is 27.4 Å². The Hall–Kier alpha value is -4.15. The van der Waals surface area contributed by atoms with Gasteiger partial charge in [0, 0.05) is 16.6 Å². The Balaban J connectivity index is 1.80. The molecule has 9 nitrogen and oxygen atoms in total. The number of carbonyl (C=O) groups excluding carboxylic acids is 1. The van der Waals surface area contributed by atoms with Crippen LogP contribution in [0.5, 0.6) is 17.2 Å². The average molecular weight is 494 g/mol. The Morgan fingerprint density at radius 1 is 0.857 bits per heavy atom. The summed E-state index contributed by atoms with van der Waals surface area (Å²) in [5.41, 5.74) is 2.63. The molecule has 0 bridgehead atoms. The molecule has 0 aliphatic rings. The van der Waals surface area contributed by atoms with Crippen molar-refractivity contribution in [2.24, 2.45) is 5.14 Å². The molecule has 0 spiro atoms. The van der Waals surface area contributed by atoms with E-state index in [-0.39, 0.29) is 4.90 Å². The number of sulfonamides is 1. The van der Waals surface area contributed by atoms with Crippen molar-refractivity contribution in [1.82, 2.24) is 4.98 Å². The van der Waals surface area contributed by atoms with Gasteiger partial charge < -0.3 is 19.5 Å². The first kappa shape index (κ1) is 24.0. The highest BCUT2D eigenvalue weighted by atomic mass is 32.2. The third-order valence-electron chi connectivity index (χ3n) is 5.38. The van der Waals surface area contributed by atoms with Gasteiger partial charge in [-0.2, -0.15) is 0 Å². The van der Waals surface area contributed by atoms with Crippen LogP contribution in [0.4, 0.5) is 5.69 Å². The Morgan fingerprint density at radius 3 is 2.20 bits per heavy atom. The molecule has 4 rings (SSSR count). The zero-order chi connectivity index (χ0) is 25.2. The van der Waals surface area contributed by atoms with Gasteiger partial charge in [-0.3, -0.25) is 4.79 Å². The molecule has 35 heavy (non-hydrogen) atoms. The van der Waals surface area contributed by atoms with E-state index in [1.807, 2.05) is 6.07 Å². The number of primary sulfonamides is 1. The van der Waals surface area contributed by atoms with E-state index in [1.54, 1.807) is 57.7 Å². The minimum absolute atomic E-state index is 0.0506. The Morgan fingerprint density at radius 2 is 1.57 bits per heavy atom. The number of amides is 1. The van der Waals surface area contributed by atoms with Crippen LogP contribution in [0.25, 0.3) is 22.2 Å². The summed E-state index contributed by atoms with van der Waals surface area (Å²) in [5, 5.41) is 8.54. The molecule has 3 aromatic carbocycles. The highest BCUT2D eigenvalue weighted by Gasteiger charge is 2.17.